The summed E-state index contributed by atoms with van der Waals surface area (Å²) in [6.07, 6.45) is 6.40. The maximum atomic E-state index is 4.18. The fourth-order valence-corrected chi connectivity index (χ4v) is 2.20. The van der Waals surface area contributed by atoms with Crippen LogP contribution in [0.5, 0.6) is 0 Å². The predicted molar refractivity (Wildman–Crippen MR) is 63.3 cm³/mol. The van der Waals surface area contributed by atoms with Crippen molar-refractivity contribution in [1.82, 2.24) is 10.3 Å². The number of hydrogen-bond acceptors (Lipinski definition) is 3. The first kappa shape index (κ1) is 10.4. The zero-order valence-electron chi connectivity index (χ0n) is 9.53. The van der Waals surface area contributed by atoms with E-state index >= 15 is 0 Å². The minimum Gasteiger partial charge on any atom is -0.372 e. The molecule has 1 aliphatic rings. The monoisotopic (exact) mass is 205 g/mol. The molecule has 0 saturated carbocycles. The minimum absolute atomic E-state index is 0.648. The summed E-state index contributed by atoms with van der Waals surface area (Å²) < 4.78 is 0. The SMILES string of the molecule is Cc1ccncc1N(C)CC1CCCN1. The number of rotatable bonds is 3. The van der Waals surface area contributed by atoms with Gasteiger partial charge in [0.15, 0.2) is 0 Å². The molecule has 3 nitrogen and oxygen atoms in total. The van der Waals surface area contributed by atoms with Crippen LogP contribution >= 0.6 is 0 Å². The summed E-state index contributed by atoms with van der Waals surface area (Å²) in [5.41, 5.74) is 2.54. The zero-order valence-corrected chi connectivity index (χ0v) is 9.53. The van der Waals surface area contributed by atoms with E-state index in [1.807, 2.05) is 12.4 Å². The predicted octanol–water partition coefficient (Wildman–Crippen LogP) is 1.58. The lowest BCUT2D eigenvalue weighted by atomic mass is 10.2. The van der Waals surface area contributed by atoms with Crippen molar-refractivity contribution in [2.24, 2.45) is 0 Å². The van der Waals surface area contributed by atoms with E-state index in [4.69, 9.17) is 0 Å². The Kier molecular flexibility index (Phi) is 3.21. The summed E-state index contributed by atoms with van der Waals surface area (Å²) >= 11 is 0. The van der Waals surface area contributed by atoms with Gasteiger partial charge in [-0.25, -0.2) is 0 Å². The molecule has 3 heteroatoms. The van der Waals surface area contributed by atoms with Crippen LogP contribution in [0.4, 0.5) is 5.69 Å². The number of likely N-dealkylation sites (N-methyl/N-ethyl adjacent to an activating group) is 1. The molecule has 1 fully saturated rings. The highest BCUT2D eigenvalue weighted by Gasteiger charge is 2.16. The lowest BCUT2D eigenvalue weighted by molar-refractivity contribution is 0.599. The van der Waals surface area contributed by atoms with Gasteiger partial charge in [-0.1, -0.05) is 0 Å². The van der Waals surface area contributed by atoms with Gasteiger partial charge in [-0.05, 0) is 37.9 Å². The molecule has 2 heterocycles. The summed E-state index contributed by atoms with van der Waals surface area (Å²) in [4.78, 5) is 6.48. The number of anilines is 1. The lowest BCUT2D eigenvalue weighted by Gasteiger charge is -2.24. The van der Waals surface area contributed by atoms with Gasteiger partial charge < -0.3 is 10.2 Å². The van der Waals surface area contributed by atoms with Gasteiger partial charge in [-0.15, -0.1) is 0 Å². The molecule has 2 rings (SSSR count). The molecule has 1 aromatic rings. The van der Waals surface area contributed by atoms with E-state index in [0.717, 1.165) is 6.54 Å². The van der Waals surface area contributed by atoms with E-state index in [1.165, 1.54) is 30.6 Å². The van der Waals surface area contributed by atoms with Crippen LogP contribution in [0.1, 0.15) is 18.4 Å². The van der Waals surface area contributed by atoms with E-state index in [2.05, 4.69) is 35.2 Å². The molecule has 1 unspecified atom stereocenters. The van der Waals surface area contributed by atoms with Crippen LogP contribution in [0.25, 0.3) is 0 Å². The maximum Gasteiger partial charge on any atom is 0.0580 e. The Hall–Kier alpha value is -1.09. The van der Waals surface area contributed by atoms with E-state index in [-0.39, 0.29) is 0 Å². The van der Waals surface area contributed by atoms with Crippen molar-refractivity contribution in [2.75, 3.05) is 25.0 Å². The molecule has 0 bridgehead atoms. The van der Waals surface area contributed by atoms with Gasteiger partial charge in [0, 0.05) is 25.8 Å². The molecule has 1 aromatic heterocycles. The third kappa shape index (κ3) is 2.48. The van der Waals surface area contributed by atoms with Crippen LogP contribution < -0.4 is 10.2 Å². The Morgan fingerprint density at radius 1 is 1.60 bits per heavy atom. The van der Waals surface area contributed by atoms with Gasteiger partial charge >= 0.3 is 0 Å². The quantitative estimate of drug-likeness (QED) is 0.812. The Bertz CT molecular complexity index is 318. The number of hydrogen-bond donors (Lipinski definition) is 1. The number of pyridine rings is 1. The average molecular weight is 205 g/mol. The third-order valence-corrected chi connectivity index (χ3v) is 3.08. The lowest BCUT2D eigenvalue weighted by Crippen LogP contribution is -2.35. The molecular formula is C12H19N3. The normalized spacial score (nSPS) is 20.5. The van der Waals surface area contributed by atoms with Crippen molar-refractivity contribution in [3.05, 3.63) is 24.0 Å². The first-order valence-electron chi connectivity index (χ1n) is 5.62. The van der Waals surface area contributed by atoms with E-state index in [1.54, 1.807) is 0 Å². The highest BCUT2D eigenvalue weighted by atomic mass is 15.1. The van der Waals surface area contributed by atoms with Gasteiger partial charge in [0.25, 0.3) is 0 Å². The second kappa shape index (κ2) is 4.62. The minimum atomic E-state index is 0.648. The highest BCUT2D eigenvalue weighted by molar-refractivity contribution is 5.50. The fourth-order valence-electron chi connectivity index (χ4n) is 2.20. The van der Waals surface area contributed by atoms with Crippen molar-refractivity contribution in [2.45, 2.75) is 25.8 Å². The molecule has 0 amide bonds. The summed E-state index contributed by atoms with van der Waals surface area (Å²) in [6, 6.07) is 2.71. The maximum absolute atomic E-state index is 4.18. The Balaban J connectivity index is 2.00. The molecule has 1 aliphatic heterocycles. The molecule has 82 valence electrons. The first-order valence-corrected chi connectivity index (χ1v) is 5.62. The Morgan fingerprint density at radius 2 is 2.47 bits per heavy atom. The number of aromatic nitrogens is 1. The van der Waals surface area contributed by atoms with Crippen LogP contribution in [0.3, 0.4) is 0 Å². The van der Waals surface area contributed by atoms with Gasteiger partial charge in [-0.3, -0.25) is 4.98 Å². The summed E-state index contributed by atoms with van der Waals surface area (Å²) in [5, 5.41) is 3.51. The standard InChI is InChI=1S/C12H19N3/c1-10-5-7-13-8-12(10)15(2)9-11-4-3-6-14-11/h5,7-8,11,14H,3-4,6,9H2,1-2H3. The third-order valence-electron chi connectivity index (χ3n) is 3.08. The topological polar surface area (TPSA) is 28.2 Å². The summed E-state index contributed by atoms with van der Waals surface area (Å²) in [7, 11) is 2.14. The fraction of sp³-hybridized carbons (Fsp3) is 0.583. The highest BCUT2D eigenvalue weighted by Crippen LogP contribution is 2.17. The first-order chi connectivity index (χ1) is 7.27. The molecule has 1 atom stereocenters. The van der Waals surface area contributed by atoms with E-state index < -0.39 is 0 Å². The zero-order chi connectivity index (χ0) is 10.7. The number of nitrogens with one attached hydrogen (secondary N) is 1. The van der Waals surface area contributed by atoms with E-state index in [9.17, 15) is 0 Å². The van der Waals surface area contributed by atoms with Crippen LogP contribution in [-0.2, 0) is 0 Å². The van der Waals surface area contributed by atoms with Crippen molar-refractivity contribution >= 4 is 5.69 Å². The van der Waals surface area contributed by atoms with Gasteiger partial charge in [0.1, 0.15) is 0 Å². The summed E-state index contributed by atoms with van der Waals surface area (Å²) in [5.74, 6) is 0. The Morgan fingerprint density at radius 3 is 3.13 bits per heavy atom. The molecule has 1 saturated heterocycles. The second-order valence-electron chi connectivity index (χ2n) is 4.34. The van der Waals surface area contributed by atoms with Crippen molar-refractivity contribution in [3.63, 3.8) is 0 Å². The number of nitrogens with zero attached hydrogens (tertiary/aromatic N) is 2. The van der Waals surface area contributed by atoms with Crippen molar-refractivity contribution < 1.29 is 0 Å². The van der Waals surface area contributed by atoms with Gasteiger partial charge in [0.05, 0.1) is 11.9 Å². The second-order valence-corrected chi connectivity index (χ2v) is 4.34. The Labute approximate surface area is 91.5 Å². The van der Waals surface area contributed by atoms with E-state index in [0.29, 0.717) is 6.04 Å². The van der Waals surface area contributed by atoms with Crippen molar-refractivity contribution in [1.29, 1.82) is 0 Å². The molecule has 1 N–H and O–H groups in total. The molecule has 0 spiro atoms. The average Bonchev–Trinajstić information content (AvgIpc) is 2.71. The smallest absolute Gasteiger partial charge is 0.0580 e. The molecule has 0 aromatic carbocycles. The number of aryl methyl sites for hydroxylation is 1. The molecular weight excluding hydrogens is 186 g/mol. The van der Waals surface area contributed by atoms with Gasteiger partial charge in [-0.2, -0.15) is 0 Å². The molecule has 0 aliphatic carbocycles. The molecule has 0 radical (unpaired) electrons. The largest absolute Gasteiger partial charge is 0.372 e. The summed E-state index contributed by atoms with van der Waals surface area (Å²) in [6.45, 7) is 4.38. The van der Waals surface area contributed by atoms with Crippen molar-refractivity contribution in [3.8, 4) is 0 Å². The van der Waals surface area contributed by atoms with Crippen LogP contribution in [0.15, 0.2) is 18.5 Å². The van der Waals surface area contributed by atoms with Gasteiger partial charge in [0.2, 0.25) is 0 Å². The van der Waals surface area contributed by atoms with Crippen LogP contribution in [-0.4, -0.2) is 31.2 Å². The van der Waals surface area contributed by atoms with Crippen LogP contribution in [0.2, 0.25) is 0 Å². The van der Waals surface area contributed by atoms with Crippen LogP contribution in [0, 0.1) is 6.92 Å². The molecule has 15 heavy (non-hydrogen) atoms.